The summed E-state index contributed by atoms with van der Waals surface area (Å²) in [6, 6.07) is 0.324. The van der Waals surface area contributed by atoms with Gasteiger partial charge in [0, 0.05) is 13.2 Å². The molecule has 0 amide bonds. The van der Waals surface area contributed by atoms with Crippen LogP contribution < -0.4 is 5.32 Å². The van der Waals surface area contributed by atoms with Crippen LogP contribution in [0.25, 0.3) is 0 Å². The summed E-state index contributed by atoms with van der Waals surface area (Å²) in [4.78, 5) is 0. The van der Waals surface area contributed by atoms with Gasteiger partial charge in [-0.2, -0.15) is 0 Å². The third kappa shape index (κ3) is 4.22. The molecule has 1 saturated carbocycles. The molecule has 108 valence electrons. The smallest absolute Gasteiger partial charge is 0.0859 e. The van der Waals surface area contributed by atoms with E-state index in [1.54, 1.807) is 0 Å². The Kier molecular flexibility index (Phi) is 7.20. The van der Waals surface area contributed by atoms with Gasteiger partial charge in [0.15, 0.2) is 0 Å². The largest absolute Gasteiger partial charge is 0.380 e. The Labute approximate surface area is 113 Å². The minimum absolute atomic E-state index is 0.0163. The van der Waals surface area contributed by atoms with Gasteiger partial charge in [0.25, 0.3) is 0 Å². The van der Waals surface area contributed by atoms with Gasteiger partial charge in [-0.15, -0.1) is 0 Å². The quantitative estimate of drug-likeness (QED) is 0.725. The molecule has 0 aliphatic heterocycles. The fourth-order valence-electron chi connectivity index (χ4n) is 3.26. The maximum atomic E-state index is 6.21. The SMILES string of the molecule is CCNC(COCC)C1(OCC)CCCC(C)C1. The minimum atomic E-state index is -0.0163. The maximum Gasteiger partial charge on any atom is 0.0859 e. The Morgan fingerprint density at radius 1 is 1.28 bits per heavy atom. The first kappa shape index (κ1) is 15.9. The van der Waals surface area contributed by atoms with Crippen LogP contribution in [-0.2, 0) is 9.47 Å². The summed E-state index contributed by atoms with van der Waals surface area (Å²) >= 11 is 0. The molecule has 0 heterocycles. The highest BCUT2D eigenvalue weighted by molar-refractivity contribution is 4.97. The molecule has 18 heavy (non-hydrogen) atoms. The van der Waals surface area contributed by atoms with Crippen molar-refractivity contribution in [3.05, 3.63) is 0 Å². The minimum Gasteiger partial charge on any atom is -0.380 e. The fourth-order valence-corrected chi connectivity index (χ4v) is 3.26. The van der Waals surface area contributed by atoms with Crippen molar-refractivity contribution in [1.29, 1.82) is 0 Å². The van der Waals surface area contributed by atoms with Crippen LogP contribution in [0.15, 0.2) is 0 Å². The predicted octanol–water partition coefficient (Wildman–Crippen LogP) is 2.99. The molecule has 1 fully saturated rings. The van der Waals surface area contributed by atoms with Crippen LogP contribution in [0.3, 0.4) is 0 Å². The van der Waals surface area contributed by atoms with E-state index in [4.69, 9.17) is 9.47 Å². The molecule has 1 aliphatic carbocycles. The molecule has 3 atom stereocenters. The molecular formula is C15H31NO2. The van der Waals surface area contributed by atoms with Gasteiger partial charge < -0.3 is 14.8 Å². The van der Waals surface area contributed by atoms with E-state index in [0.717, 1.165) is 45.1 Å². The average molecular weight is 257 g/mol. The summed E-state index contributed by atoms with van der Waals surface area (Å²) in [5.41, 5.74) is -0.0163. The van der Waals surface area contributed by atoms with Crippen molar-refractivity contribution < 1.29 is 9.47 Å². The van der Waals surface area contributed by atoms with E-state index in [9.17, 15) is 0 Å². The Hall–Kier alpha value is -0.120. The molecular weight excluding hydrogens is 226 g/mol. The van der Waals surface area contributed by atoms with Crippen LogP contribution in [0.4, 0.5) is 0 Å². The van der Waals surface area contributed by atoms with Gasteiger partial charge in [-0.05, 0) is 39.2 Å². The van der Waals surface area contributed by atoms with Crippen LogP contribution in [-0.4, -0.2) is 38.0 Å². The summed E-state index contributed by atoms with van der Waals surface area (Å²) in [6.45, 7) is 12.0. The Bertz CT molecular complexity index is 219. The van der Waals surface area contributed by atoms with Crippen molar-refractivity contribution in [2.45, 2.75) is 65.0 Å². The van der Waals surface area contributed by atoms with Crippen molar-refractivity contribution in [3.8, 4) is 0 Å². The Morgan fingerprint density at radius 2 is 2.06 bits per heavy atom. The zero-order valence-corrected chi connectivity index (χ0v) is 12.6. The zero-order chi connectivity index (χ0) is 13.4. The first-order valence-electron chi connectivity index (χ1n) is 7.63. The first-order chi connectivity index (χ1) is 8.68. The lowest BCUT2D eigenvalue weighted by molar-refractivity contribution is -0.114. The number of hydrogen-bond donors (Lipinski definition) is 1. The van der Waals surface area contributed by atoms with E-state index in [-0.39, 0.29) is 5.60 Å². The van der Waals surface area contributed by atoms with Crippen LogP contribution in [0, 0.1) is 5.92 Å². The highest BCUT2D eigenvalue weighted by Crippen LogP contribution is 2.37. The average Bonchev–Trinajstić information content (AvgIpc) is 2.34. The highest BCUT2D eigenvalue weighted by atomic mass is 16.5. The van der Waals surface area contributed by atoms with E-state index >= 15 is 0 Å². The first-order valence-corrected chi connectivity index (χ1v) is 7.63. The second kappa shape index (κ2) is 8.13. The number of nitrogens with one attached hydrogen (secondary N) is 1. The molecule has 0 bridgehead atoms. The van der Waals surface area contributed by atoms with Gasteiger partial charge >= 0.3 is 0 Å². The lowest BCUT2D eigenvalue weighted by atomic mass is 9.74. The van der Waals surface area contributed by atoms with Gasteiger partial charge in [-0.25, -0.2) is 0 Å². The van der Waals surface area contributed by atoms with Crippen molar-refractivity contribution in [1.82, 2.24) is 5.32 Å². The molecule has 3 heteroatoms. The highest BCUT2D eigenvalue weighted by Gasteiger charge is 2.42. The fraction of sp³-hybridized carbons (Fsp3) is 1.00. The summed E-state index contributed by atoms with van der Waals surface area (Å²) < 4.78 is 11.9. The van der Waals surface area contributed by atoms with Gasteiger partial charge in [-0.3, -0.25) is 0 Å². The summed E-state index contributed by atoms with van der Waals surface area (Å²) in [5.74, 6) is 0.757. The number of hydrogen-bond acceptors (Lipinski definition) is 3. The molecule has 1 rings (SSSR count). The van der Waals surface area contributed by atoms with Gasteiger partial charge in [0.1, 0.15) is 0 Å². The van der Waals surface area contributed by atoms with Crippen molar-refractivity contribution in [2.24, 2.45) is 5.92 Å². The molecule has 1 N–H and O–H groups in total. The molecule has 0 aromatic carbocycles. The maximum absolute atomic E-state index is 6.21. The molecule has 0 saturated heterocycles. The number of likely N-dealkylation sites (N-methyl/N-ethyl adjacent to an activating group) is 1. The lowest BCUT2D eigenvalue weighted by Crippen LogP contribution is -2.57. The Balaban J connectivity index is 2.76. The number of rotatable bonds is 8. The molecule has 0 aromatic heterocycles. The molecule has 1 aliphatic rings. The van der Waals surface area contributed by atoms with Crippen LogP contribution in [0.1, 0.15) is 53.4 Å². The van der Waals surface area contributed by atoms with Crippen LogP contribution in [0.2, 0.25) is 0 Å². The van der Waals surface area contributed by atoms with Gasteiger partial charge in [-0.1, -0.05) is 26.7 Å². The predicted molar refractivity (Wildman–Crippen MR) is 75.9 cm³/mol. The second-order valence-corrected chi connectivity index (χ2v) is 5.47. The Morgan fingerprint density at radius 3 is 2.61 bits per heavy atom. The number of ether oxygens (including phenoxy) is 2. The van der Waals surface area contributed by atoms with E-state index in [2.05, 4.69) is 33.0 Å². The topological polar surface area (TPSA) is 30.5 Å². The van der Waals surface area contributed by atoms with Gasteiger partial charge in [0.05, 0.1) is 18.2 Å². The zero-order valence-electron chi connectivity index (χ0n) is 12.6. The second-order valence-electron chi connectivity index (χ2n) is 5.47. The third-order valence-corrected chi connectivity index (χ3v) is 4.00. The van der Waals surface area contributed by atoms with E-state index in [0.29, 0.717) is 6.04 Å². The van der Waals surface area contributed by atoms with Gasteiger partial charge in [0.2, 0.25) is 0 Å². The summed E-state index contributed by atoms with van der Waals surface area (Å²) in [5, 5.41) is 3.58. The molecule has 3 nitrogen and oxygen atoms in total. The lowest BCUT2D eigenvalue weighted by Gasteiger charge is -2.45. The molecule has 0 aromatic rings. The summed E-state index contributed by atoms with van der Waals surface area (Å²) in [7, 11) is 0. The van der Waals surface area contributed by atoms with Crippen molar-refractivity contribution in [3.63, 3.8) is 0 Å². The monoisotopic (exact) mass is 257 g/mol. The molecule has 0 spiro atoms. The van der Waals surface area contributed by atoms with Crippen molar-refractivity contribution >= 4 is 0 Å². The van der Waals surface area contributed by atoms with Crippen LogP contribution in [0.5, 0.6) is 0 Å². The van der Waals surface area contributed by atoms with Crippen molar-refractivity contribution in [2.75, 3.05) is 26.4 Å². The molecule has 0 radical (unpaired) electrons. The normalized spacial score (nSPS) is 30.3. The van der Waals surface area contributed by atoms with E-state index < -0.39 is 0 Å². The van der Waals surface area contributed by atoms with E-state index in [1.807, 2.05) is 0 Å². The standard InChI is InChI=1S/C15H31NO2/c1-5-16-14(12-17-6-2)15(18-7-3)10-8-9-13(4)11-15/h13-14,16H,5-12H2,1-4H3. The molecule has 3 unspecified atom stereocenters. The van der Waals surface area contributed by atoms with Crippen LogP contribution >= 0.6 is 0 Å². The summed E-state index contributed by atoms with van der Waals surface area (Å²) in [6.07, 6.45) is 4.93. The third-order valence-electron chi connectivity index (χ3n) is 4.00. The van der Waals surface area contributed by atoms with E-state index in [1.165, 1.54) is 12.8 Å².